The van der Waals surface area contributed by atoms with Crippen LogP contribution in [0.3, 0.4) is 0 Å². The van der Waals surface area contributed by atoms with Crippen LogP contribution in [0.25, 0.3) is 0 Å². The second-order valence-electron chi connectivity index (χ2n) is 9.63. The number of carbonyl (C=O) groups is 2. The molecular formula is C22H39NO11. The smallest absolute Gasteiger partial charge is 0.335 e. The lowest BCUT2D eigenvalue weighted by Crippen LogP contribution is -2.69. The monoisotopic (exact) mass is 493 g/mol. The number of amides is 1. The molecule has 0 aromatic heterocycles. The summed E-state index contributed by atoms with van der Waals surface area (Å²) in [5, 5.41) is 54.0. The summed E-state index contributed by atoms with van der Waals surface area (Å²) in [5.74, 6) is -1.87. The lowest BCUT2D eigenvalue weighted by Gasteiger charge is -2.51. The summed E-state index contributed by atoms with van der Waals surface area (Å²) in [6.07, 6.45) is -10.1. The van der Waals surface area contributed by atoms with E-state index in [-0.39, 0.29) is 0 Å². The van der Waals surface area contributed by atoms with Crippen LogP contribution >= 0.6 is 0 Å². The number of ether oxygens (including phenoxy) is 4. The molecule has 12 nitrogen and oxygen atoms in total. The van der Waals surface area contributed by atoms with Crippen LogP contribution in [0.1, 0.15) is 47.0 Å². The van der Waals surface area contributed by atoms with Crippen LogP contribution in [0.5, 0.6) is 0 Å². The summed E-state index contributed by atoms with van der Waals surface area (Å²) in [6, 6.07) is -0.932. The van der Waals surface area contributed by atoms with Gasteiger partial charge in [0.1, 0.15) is 36.6 Å². The SMILES string of the molecule is CCCCC(C)(C)C1OC(CO)C(O)C(OC2OC(C(=O)O)C(OC)C(O)C2O)C1NC(C)=O. The molecule has 10 atom stereocenters. The normalized spacial score (nSPS) is 39.0. The molecule has 2 aliphatic rings. The van der Waals surface area contributed by atoms with Crippen LogP contribution in [0.4, 0.5) is 0 Å². The Balaban J connectivity index is 2.41. The standard InChI is InChI=1S/C22H39NO11/c1-6-7-8-22(3,4)19-12(23-10(2)25)16(13(26)11(9-24)32-19)33-21-15(28)14(27)17(31-5)18(34-21)20(29)30/h11-19,21,24,26-28H,6-9H2,1-5H3,(H,23,25)(H,29,30). The maximum absolute atomic E-state index is 12.1. The van der Waals surface area contributed by atoms with E-state index in [9.17, 15) is 35.1 Å². The molecule has 34 heavy (non-hydrogen) atoms. The zero-order valence-electron chi connectivity index (χ0n) is 20.3. The Labute approximate surface area is 199 Å². The Morgan fingerprint density at radius 1 is 1.06 bits per heavy atom. The lowest BCUT2D eigenvalue weighted by atomic mass is 9.74. The number of rotatable bonds is 10. The molecule has 2 heterocycles. The summed E-state index contributed by atoms with van der Waals surface area (Å²) in [5.41, 5.74) is -0.519. The Morgan fingerprint density at radius 3 is 2.21 bits per heavy atom. The van der Waals surface area contributed by atoms with Gasteiger partial charge in [0, 0.05) is 14.0 Å². The molecule has 0 spiro atoms. The van der Waals surface area contributed by atoms with E-state index in [1.165, 1.54) is 14.0 Å². The van der Waals surface area contributed by atoms with Crippen molar-refractivity contribution < 1.29 is 54.1 Å². The summed E-state index contributed by atoms with van der Waals surface area (Å²) in [6.45, 7) is 6.65. The van der Waals surface area contributed by atoms with Gasteiger partial charge < -0.3 is 49.8 Å². The number of nitrogens with one attached hydrogen (secondary N) is 1. The first-order valence-electron chi connectivity index (χ1n) is 11.5. The van der Waals surface area contributed by atoms with Crippen molar-refractivity contribution >= 4 is 11.9 Å². The molecule has 1 amide bonds. The fraction of sp³-hybridized carbons (Fsp3) is 0.909. The van der Waals surface area contributed by atoms with Crippen molar-refractivity contribution in [2.45, 2.75) is 108 Å². The minimum atomic E-state index is -1.72. The van der Waals surface area contributed by atoms with Gasteiger partial charge in [0.05, 0.1) is 18.8 Å². The number of hydrogen-bond donors (Lipinski definition) is 6. The fourth-order valence-corrected chi connectivity index (χ4v) is 4.67. The minimum absolute atomic E-state index is 0.429. The molecule has 6 N–H and O–H groups in total. The van der Waals surface area contributed by atoms with E-state index in [1.807, 2.05) is 20.8 Å². The number of aliphatic hydroxyl groups excluding tert-OH is 4. The molecule has 0 aliphatic carbocycles. The first-order chi connectivity index (χ1) is 15.9. The molecule has 2 aliphatic heterocycles. The predicted octanol–water partition coefficient (Wildman–Crippen LogP) is -1.24. The first kappa shape index (κ1) is 28.9. The van der Waals surface area contributed by atoms with Gasteiger partial charge in [-0.15, -0.1) is 0 Å². The van der Waals surface area contributed by atoms with Gasteiger partial charge in [0.25, 0.3) is 0 Å². The highest BCUT2D eigenvalue weighted by Gasteiger charge is 2.55. The van der Waals surface area contributed by atoms with Crippen LogP contribution in [0.2, 0.25) is 0 Å². The summed E-state index contributed by atoms with van der Waals surface area (Å²) >= 11 is 0. The minimum Gasteiger partial charge on any atom is -0.479 e. The summed E-state index contributed by atoms with van der Waals surface area (Å²) < 4.78 is 22.3. The second kappa shape index (κ2) is 12.0. The number of carboxylic acids is 1. The van der Waals surface area contributed by atoms with Gasteiger partial charge in [-0.3, -0.25) is 4.79 Å². The zero-order chi connectivity index (χ0) is 25.8. The molecule has 0 saturated carbocycles. The van der Waals surface area contributed by atoms with Crippen molar-refractivity contribution in [1.29, 1.82) is 0 Å². The largest absolute Gasteiger partial charge is 0.479 e. The van der Waals surface area contributed by atoms with Gasteiger partial charge in [-0.1, -0.05) is 33.6 Å². The van der Waals surface area contributed by atoms with Gasteiger partial charge in [-0.2, -0.15) is 0 Å². The third-order valence-corrected chi connectivity index (χ3v) is 6.57. The number of aliphatic hydroxyl groups is 4. The molecule has 2 rings (SSSR count). The number of methoxy groups -OCH3 is 1. The highest BCUT2D eigenvalue weighted by Crippen LogP contribution is 2.39. The van der Waals surface area contributed by atoms with Crippen LogP contribution in [0, 0.1) is 5.41 Å². The molecule has 12 heteroatoms. The van der Waals surface area contributed by atoms with E-state index in [0.29, 0.717) is 6.42 Å². The first-order valence-corrected chi connectivity index (χ1v) is 11.5. The molecule has 198 valence electrons. The van der Waals surface area contributed by atoms with E-state index in [2.05, 4.69) is 5.32 Å². The van der Waals surface area contributed by atoms with Gasteiger partial charge >= 0.3 is 5.97 Å². The molecule has 10 unspecified atom stereocenters. The number of carbonyl (C=O) groups excluding carboxylic acids is 1. The van der Waals surface area contributed by atoms with Crippen LogP contribution < -0.4 is 5.32 Å². The number of unbranched alkanes of at least 4 members (excludes halogenated alkanes) is 1. The third kappa shape index (κ3) is 6.24. The second-order valence-corrected chi connectivity index (χ2v) is 9.63. The Kier molecular flexibility index (Phi) is 10.2. The van der Waals surface area contributed by atoms with E-state index >= 15 is 0 Å². The van der Waals surface area contributed by atoms with E-state index in [0.717, 1.165) is 12.8 Å². The lowest BCUT2D eigenvalue weighted by molar-refractivity contribution is -0.331. The number of hydrogen-bond acceptors (Lipinski definition) is 10. The van der Waals surface area contributed by atoms with Gasteiger partial charge in [0.2, 0.25) is 5.91 Å². The molecule has 2 saturated heterocycles. The average molecular weight is 494 g/mol. The van der Waals surface area contributed by atoms with Gasteiger partial charge in [-0.25, -0.2) is 4.79 Å². The fourth-order valence-electron chi connectivity index (χ4n) is 4.67. The van der Waals surface area contributed by atoms with Crippen LogP contribution in [0.15, 0.2) is 0 Å². The predicted molar refractivity (Wildman–Crippen MR) is 117 cm³/mol. The van der Waals surface area contributed by atoms with Crippen molar-refractivity contribution in [3.63, 3.8) is 0 Å². The zero-order valence-corrected chi connectivity index (χ0v) is 20.3. The Hall–Kier alpha value is -1.38. The number of carboxylic acid groups (broad SMARTS) is 1. The summed E-state index contributed by atoms with van der Waals surface area (Å²) in [4.78, 5) is 23.7. The molecule has 0 radical (unpaired) electrons. The molecular weight excluding hydrogens is 454 g/mol. The van der Waals surface area contributed by atoms with Crippen molar-refractivity contribution in [1.82, 2.24) is 5.32 Å². The van der Waals surface area contributed by atoms with Crippen molar-refractivity contribution in [2.24, 2.45) is 5.41 Å². The van der Waals surface area contributed by atoms with E-state index < -0.39 is 85.1 Å². The molecule has 0 bridgehead atoms. The van der Waals surface area contributed by atoms with Crippen molar-refractivity contribution in [3.8, 4) is 0 Å². The van der Waals surface area contributed by atoms with Gasteiger partial charge in [0.15, 0.2) is 12.4 Å². The highest BCUT2D eigenvalue weighted by molar-refractivity contribution is 5.74. The van der Waals surface area contributed by atoms with Crippen molar-refractivity contribution in [2.75, 3.05) is 13.7 Å². The molecule has 0 aromatic rings. The highest BCUT2D eigenvalue weighted by atomic mass is 16.7. The van der Waals surface area contributed by atoms with Gasteiger partial charge in [-0.05, 0) is 11.8 Å². The molecule has 0 aromatic carbocycles. The van der Waals surface area contributed by atoms with Crippen molar-refractivity contribution in [3.05, 3.63) is 0 Å². The third-order valence-electron chi connectivity index (χ3n) is 6.57. The Bertz CT molecular complexity index is 690. The quantitative estimate of drug-likeness (QED) is 0.214. The maximum atomic E-state index is 12.1. The topological polar surface area (TPSA) is 184 Å². The van der Waals surface area contributed by atoms with E-state index in [4.69, 9.17) is 18.9 Å². The maximum Gasteiger partial charge on any atom is 0.335 e. The van der Waals surface area contributed by atoms with Crippen LogP contribution in [-0.2, 0) is 28.5 Å². The average Bonchev–Trinajstić information content (AvgIpc) is 2.76. The Morgan fingerprint density at radius 2 is 1.71 bits per heavy atom. The van der Waals surface area contributed by atoms with E-state index in [1.54, 1.807) is 0 Å². The molecule has 2 fully saturated rings. The summed E-state index contributed by atoms with van der Waals surface area (Å²) in [7, 11) is 1.17. The van der Waals surface area contributed by atoms with Crippen LogP contribution in [-0.4, -0.2) is 112 Å². The number of aliphatic carboxylic acids is 1.